The second kappa shape index (κ2) is 6.84. The quantitative estimate of drug-likeness (QED) is 0.790. The van der Waals surface area contributed by atoms with Gasteiger partial charge in [0.1, 0.15) is 5.58 Å². The van der Waals surface area contributed by atoms with Crippen LogP contribution in [0.15, 0.2) is 64.0 Å². The van der Waals surface area contributed by atoms with Gasteiger partial charge in [-0.25, -0.2) is 4.79 Å². The summed E-state index contributed by atoms with van der Waals surface area (Å²) in [4.78, 5) is 45.2. The summed E-state index contributed by atoms with van der Waals surface area (Å²) in [6.45, 7) is 0.906. The zero-order chi connectivity index (χ0) is 20.0. The number of nitrogens with zero attached hydrogens (tertiary/aromatic N) is 3. The van der Waals surface area contributed by atoms with Gasteiger partial charge in [0.25, 0.3) is 5.91 Å². The van der Waals surface area contributed by atoms with E-state index >= 15 is 0 Å². The minimum Gasteiger partial charge on any atom is -0.451 e. The second-order valence-corrected chi connectivity index (χ2v) is 7.42. The number of likely N-dealkylation sites (tertiary alicyclic amines) is 1. The standard InChI is InChI=1S/C22H19N3O4/c26-20-16-6-2-3-7-17(16)23-22(28)25(20)15-9-11-24(12-10-15)21(27)19-13-14-5-1-4-8-18(14)29-19/h1-8,13,15-16H,9-12H2. The van der Waals surface area contributed by atoms with Gasteiger partial charge in [0.2, 0.25) is 5.91 Å². The van der Waals surface area contributed by atoms with Gasteiger partial charge in [-0.15, -0.1) is 0 Å². The Kier molecular flexibility index (Phi) is 4.16. The highest BCUT2D eigenvalue weighted by molar-refractivity contribution is 6.21. The first-order valence-corrected chi connectivity index (χ1v) is 9.70. The molecule has 1 aromatic heterocycles. The number of furan rings is 1. The lowest BCUT2D eigenvalue weighted by atomic mass is 9.93. The highest BCUT2D eigenvalue weighted by Gasteiger charge is 2.41. The Hall–Kier alpha value is -3.48. The molecule has 0 radical (unpaired) electrons. The van der Waals surface area contributed by atoms with E-state index in [2.05, 4.69) is 4.99 Å². The third-order valence-electron chi connectivity index (χ3n) is 5.69. The van der Waals surface area contributed by atoms with Gasteiger partial charge in [-0.1, -0.05) is 36.4 Å². The number of piperidine rings is 1. The zero-order valence-corrected chi connectivity index (χ0v) is 15.7. The predicted molar refractivity (Wildman–Crippen MR) is 107 cm³/mol. The number of amides is 4. The molecule has 1 aliphatic carbocycles. The van der Waals surface area contributed by atoms with Crippen LogP contribution in [0.2, 0.25) is 0 Å². The number of fused-ring (bicyclic) bond motifs is 2. The lowest BCUT2D eigenvalue weighted by molar-refractivity contribution is -0.131. The summed E-state index contributed by atoms with van der Waals surface area (Å²) in [5.41, 5.74) is 1.18. The molecule has 3 aliphatic rings. The van der Waals surface area contributed by atoms with Crippen molar-refractivity contribution in [3.63, 3.8) is 0 Å². The molecule has 2 aliphatic heterocycles. The fraction of sp³-hybridized carbons (Fsp3) is 0.273. The molecule has 4 amide bonds. The molecule has 1 aromatic carbocycles. The summed E-state index contributed by atoms with van der Waals surface area (Å²) < 4.78 is 5.68. The number of benzene rings is 1. The van der Waals surface area contributed by atoms with E-state index in [9.17, 15) is 14.4 Å². The third-order valence-corrected chi connectivity index (χ3v) is 5.69. The monoisotopic (exact) mass is 389 g/mol. The Balaban J connectivity index is 1.29. The van der Waals surface area contributed by atoms with Crippen LogP contribution in [-0.4, -0.2) is 52.5 Å². The van der Waals surface area contributed by atoms with Gasteiger partial charge < -0.3 is 9.32 Å². The van der Waals surface area contributed by atoms with Crippen LogP contribution in [0, 0.1) is 5.92 Å². The fourth-order valence-corrected chi connectivity index (χ4v) is 4.16. The first kappa shape index (κ1) is 17.6. The largest absolute Gasteiger partial charge is 0.451 e. The van der Waals surface area contributed by atoms with Gasteiger partial charge in [0.15, 0.2) is 5.76 Å². The summed E-state index contributed by atoms with van der Waals surface area (Å²) in [6.07, 6.45) is 8.09. The fourth-order valence-electron chi connectivity index (χ4n) is 4.16. The summed E-state index contributed by atoms with van der Waals surface area (Å²) >= 11 is 0. The number of imide groups is 1. The Bertz CT molecular complexity index is 1070. The lowest BCUT2D eigenvalue weighted by Gasteiger charge is -2.39. The average molecular weight is 389 g/mol. The molecule has 5 rings (SSSR count). The molecule has 0 N–H and O–H groups in total. The Morgan fingerprint density at radius 1 is 1.10 bits per heavy atom. The van der Waals surface area contributed by atoms with E-state index in [-0.39, 0.29) is 17.9 Å². The minimum atomic E-state index is -0.511. The molecule has 0 spiro atoms. The Labute approximate surface area is 167 Å². The molecule has 1 saturated heterocycles. The van der Waals surface area contributed by atoms with Gasteiger partial charge in [0.05, 0.1) is 11.6 Å². The van der Waals surface area contributed by atoms with Crippen molar-refractivity contribution in [2.45, 2.75) is 18.9 Å². The van der Waals surface area contributed by atoms with Crippen LogP contribution < -0.4 is 0 Å². The van der Waals surface area contributed by atoms with Crippen molar-refractivity contribution >= 4 is 34.5 Å². The highest BCUT2D eigenvalue weighted by atomic mass is 16.3. The Morgan fingerprint density at radius 2 is 1.90 bits per heavy atom. The molecule has 7 nitrogen and oxygen atoms in total. The zero-order valence-electron chi connectivity index (χ0n) is 15.7. The topological polar surface area (TPSA) is 83.2 Å². The molecule has 1 atom stereocenters. The molecule has 2 aromatic rings. The van der Waals surface area contributed by atoms with E-state index in [0.717, 1.165) is 5.39 Å². The van der Waals surface area contributed by atoms with Crippen LogP contribution in [0.3, 0.4) is 0 Å². The number of hydrogen-bond donors (Lipinski definition) is 0. The number of urea groups is 1. The molecular formula is C22H19N3O4. The summed E-state index contributed by atoms with van der Waals surface area (Å²) in [5, 5.41) is 0.887. The molecule has 1 unspecified atom stereocenters. The third kappa shape index (κ3) is 2.99. The predicted octanol–water partition coefficient (Wildman–Crippen LogP) is 3.18. The van der Waals surface area contributed by atoms with Gasteiger partial charge >= 0.3 is 6.03 Å². The molecule has 7 heteroatoms. The van der Waals surface area contributed by atoms with E-state index in [1.54, 1.807) is 35.3 Å². The van der Waals surface area contributed by atoms with Crippen LogP contribution in [-0.2, 0) is 4.79 Å². The number of rotatable bonds is 2. The van der Waals surface area contributed by atoms with Crippen molar-refractivity contribution in [2.75, 3.05) is 13.1 Å². The molecular weight excluding hydrogens is 370 g/mol. The molecule has 0 bridgehead atoms. The van der Waals surface area contributed by atoms with E-state index in [1.165, 1.54) is 4.90 Å². The van der Waals surface area contributed by atoms with Crippen molar-refractivity contribution < 1.29 is 18.8 Å². The molecule has 0 saturated carbocycles. The maximum absolute atomic E-state index is 12.8. The van der Waals surface area contributed by atoms with Crippen LogP contribution in [0.1, 0.15) is 23.4 Å². The minimum absolute atomic E-state index is 0.170. The average Bonchev–Trinajstić information content (AvgIpc) is 3.18. The Morgan fingerprint density at radius 3 is 2.69 bits per heavy atom. The van der Waals surface area contributed by atoms with E-state index in [1.807, 2.05) is 24.3 Å². The van der Waals surface area contributed by atoms with Crippen LogP contribution in [0.5, 0.6) is 0 Å². The molecule has 29 heavy (non-hydrogen) atoms. The summed E-state index contributed by atoms with van der Waals surface area (Å²) in [5.74, 6) is -0.588. The van der Waals surface area contributed by atoms with Gasteiger partial charge in [-0.2, -0.15) is 4.99 Å². The van der Waals surface area contributed by atoms with Crippen molar-refractivity contribution in [1.29, 1.82) is 0 Å². The van der Waals surface area contributed by atoms with Crippen molar-refractivity contribution in [2.24, 2.45) is 10.9 Å². The van der Waals surface area contributed by atoms with Crippen LogP contribution in [0.4, 0.5) is 4.79 Å². The van der Waals surface area contributed by atoms with E-state index in [4.69, 9.17) is 4.42 Å². The highest BCUT2D eigenvalue weighted by Crippen LogP contribution is 2.27. The number of carbonyl (C=O) groups is 3. The van der Waals surface area contributed by atoms with E-state index < -0.39 is 11.9 Å². The first-order chi connectivity index (χ1) is 14.1. The molecule has 3 heterocycles. The van der Waals surface area contributed by atoms with Gasteiger partial charge in [-0.05, 0) is 31.1 Å². The SMILES string of the molecule is O=C(c1cc2ccccc2o1)N1CCC(N2C(=O)N=C3C=CC=CC3C2=O)CC1. The van der Waals surface area contributed by atoms with Crippen LogP contribution in [0.25, 0.3) is 11.0 Å². The van der Waals surface area contributed by atoms with Crippen molar-refractivity contribution in [1.82, 2.24) is 9.80 Å². The molecule has 146 valence electrons. The van der Waals surface area contributed by atoms with Crippen molar-refractivity contribution in [3.8, 4) is 0 Å². The number of allylic oxidation sites excluding steroid dienone is 3. The lowest BCUT2D eigenvalue weighted by Crippen LogP contribution is -2.54. The van der Waals surface area contributed by atoms with Crippen molar-refractivity contribution in [3.05, 3.63) is 60.4 Å². The summed E-state index contributed by atoms with van der Waals surface area (Å²) in [6, 6.07) is 8.48. The van der Waals surface area contributed by atoms with Crippen LogP contribution >= 0.6 is 0 Å². The normalized spacial score (nSPS) is 22.2. The summed E-state index contributed by atoms with van der Waals surface area (Å²) in [7, 11) is 0. The number of carbonyl (C=O) groups excluding carboxylic acids is 3. The maximum Gasteiger partial charge on any atom is 0.350 e. The maximum atomic E-state index is 12.8. The van der Waals surface area contributed by atoms with E-state index in [0.29, 0.717) is 43.0 Å². The van der Waals surface area contributed by atoms with Gasteiger partial charge in [0, 0.05) is 24.5 Å². The number of para-hydroxylation sites is 1. The number of hydrogen-bond acceptors (Lipinski definition) is 4. The van der Waals surface area contributed by atoms with Gasteiger partial charge in [-0.3, -0.25) is 14.5 Å². The smallest absolute Gasteiger partial charge is 0.350 e. The number of aliphatic imine (C=N–C) groups is 1. The molecule has 1 fully saturated rings. The second-order valence-electron chi connectivity index (χ2n) is 7.42. The first-order valence-electron chi connectivity index (χ1n) is 9.70.